The molecule has 0 radical (unpaired) electrons. The number of alkyl halides is 3. The first kappa shape index (κ1) is 57.1. The molecule has 414 valence electrons. The van der Waals surface area contributed by atoms with Gasteiger partial charge in [0.2, 0.25) is 0 Å². The van der Waals surface area contributed by atoms with Gasteiger partial charge in [0.15, 0.2) is 5.54 Å². The first-order chi connectivity index (χ1) is 36.9. The number of ether oxygens (including phenoxy) is 6. The zero-order valence-electron chi connectivity index (χ0n) is 43.5. The monoisotopic (exact) mass is 1120 g/mol. The lowest BCUT2D eigenvalue weighted by Crippen LogP contribution is -2.55. The Bertz CT molecular complexity index is 3680. The molecular weight excluding hydrogens is 1070 g/mol. The van der Waals surface area contributed by atoms with Gasteiger partial charge in [-0.2, -0.15) is 23.7 Å². The molecule has 6 heterocycles. The van der Waals surface area contributed by atoms with Crippen LogP contribution in [0.25, 0.3) is 20.4 Å². The molecule has 20 nitrogen and oxygen atoms in total. The fourth-order valence-electron chi connectivity index (χ4n) is 10.0. The number of thiophene rings is 2. The molecule has 0 spiro atoms. The normalized spacial score (nSPS) is 16.4. The van der Waals surface area contributed by atoms with Gasteiger partial charge in [0.05, 0.1) is 55.9 Å². The molecule has 2 saturated heterocycles. The van der Waals surface area contributed by atoms with E-state index in [1.54, 1.807) is 6.07 Å². The molecule has 4 aromatic heterocycles. The summed E-state index contributed by atoms with van der Waals surface area (Å²) in [5.41, 5.74) is -8.81. The number of rotatable bonds is 18. The molecule has 3 unspecified atom stereocenters. The van der Waals surface area contributed by atoms with Crippen molar-refractivity contribution in [1.82, 2.24) is 18.3 Å². The van der Waals surface area contributed by atoms with E-state index in [0.29, 0.717) is 53.6 Å². The number of aryl methyl sites for hydroxylation is 2. The zero-order valence-corrected chi connectivity index (χ0v) is 45.1. The minimum atomic E-state index is -4.80. The summed E-state index contributed by atoms with van der Waals surface area (Å²) < 4.78 is 82.2. The fourth-order valence-corrected chi connectivity index (χ4v) is 12.2. The number of aromatic nitrogens is 4. The van der Waals surface area contributed by atoms with Crippen LogP contribution in [0.5, 0.6) is 11.5 Å². The maximum absolute atomic E-state index is 15.3. The number of hydrogen-bond acceptors (Lipinski definition) is 16. The molecule has 2 aliphatic heterocycles. The van der Waals surface area contributed by atoms with Crippen molar-refractivity contribution < 1.29 is 61.4 Å². The molecule has 0 saturated carbocycles. The maximum atomic E-state index is 15.3. The highest BCUT2D eigenvalue weighted by Gasteiger charge is 2.42. The van der Waals surface area contributed by atoms with Crippen LogP contribution in [-0.2, 0) is 65.3 Å². The summed E-state index contributed by atoms with van der Waals surface area (Å²) in [6.45, 7) is 6.89. The third kappa shape index (κ3) is 10.5. The van der Waals surface area contributed by atoms with E-state index in [1.165, 1.54) is 58.6 Å². The standard InChI is InChI=1S/C53H55F3N6O14S2/c1-27-39(23-57)77-45-41(27)43(63)61(51(3,4)47(65)66)49(69)59(45)25-37(75-31-12-16-73-17-13-31)33-10-8-29(20-36(33)72-7)22-52(5,48(67)68)62-44(64)42-28(2)40(24-58)78-46(42)60(50(62)70)26-38(76-32-14-18-74-19-15-32)34-21-30(53(54,55)56)9-11-35(34)71-6/h8-11,20-21,31-32,37-38H,12-19,22,25-26H2,1-7H3,(H,65,66)(H,67,68). The van der Waals surface area contributed by atoms with Crippen molar-refractivity contribution >= 4 is 55.0 Å². The largest absolute Gasteiger partial charge is 0.496 e. The Hall–Kier alpha value is -7.13. The Kier molecular flexibility index (Phi) is 16.3. The van der Waals surface area contributed by atoms with Gasteiger partial charge >= 0.3 is 29.5 Å². The van der Waals surface area contributed by atoms with Gasteiger partial charge in [-0.1, -0.05) is 12.1 Å². The Morgan fingerprint density at radius 1 is 0.705 bits per heavy atom. The molecular formula is C53H55F3N6O14S2. The summed E-state index contributed by atoms with van der Waals surface area (Å²) in [6, 6.07) is 11.4. The number of carboxylic acids is 2. The molecule has 0 aliphatic carbocycles. The van der Waals surface area contributed by atoms with E-state index < -0.39 is 94.6 Å². The highest BCUT2D eigenvalue weighted by atomic mass is 32.1. The molecule has 3 atom stereocenters. The molecule has 2 aromatic carbocycles. The number of carbonyl (C=O) groups is 2. The Morgan fingerprint density at radius 3 is 1.63 bits per heavy atom. The predicted octanol–water partition coefficient (Wildman–Crippen LogP) is 6.90. The summed E-state index contributed by atoms with van der Waals surface area (Å²) in [4.78, 5) is 85.5. The van der Waals surface area contributed by atoms with Gasteiger partial charge in [0, 0.05) is 44.0 Å². The van der Waals surface area contributed by atoms with Gasteiger partial charge in [-0.05, 0) is 101 Å². The van der Waals surface area contributed by atoms with Crippen LogP contribution < -0.4 is 32.0 Å². The average Bonchev–Trinajstić information content (AvgIpc) is 4.14. The number of hydrogen-bond donors (Lipinski definition) is 2. The lowest BCUT2D eigenvalue weighted by molar-refractivity contribution is -0.147. The lowest BCUT2D eigenvalue weighted by atomic mass is 9.91. The van der Waals surface area contributed by atoms with E-state index in [9.17, 15) is 57.9 Å². The minimum absolute atomic E-state index is 0.00727. The number of nitrogens with zero attached hydrogens (tertiary/aromatic N) is 6. The Balaban J connectivity index is 1.27. The number of aliphatic carboxylic acids is 2. The molecule has 8 rings (SSSR count). The zero-order chi connectivity index (χ0) is 56.8. The van der Waals surface area contributed by atoms with Gasteiger partial charge in [-0.15, -0.1) is 22.7 Å². The number of fused-ring (bicyclic) bond motifs is 2. The molecule has 2 N–H and O–H groups in total. The van der Waals surface area contributed by atoms with Crippen molar-refractivity contribution in [3.8, 4) is 23.6 Å². The Morgan fingerprint density at radius 2 is 1.18 bits per heavy atom. The smallest absolute Gasteiger partial charge is 0.416 e. The Labute approximate surface area is 450 Å². The van der Waals surface area contributed by atoms with E-state index in [-0.39, 0.29) is 83.7 Å². The maximum Gasteiger partial charge on any atom is 0.416 e. The second-order valence-electron chi connectivity index (χ2n) is 19.8. The van der Waals surface area contributed by atoms with E-state index in [0.717, 1.165) is 52.4 Å². The van der Waals surface area contributed by atoms with Crippen LogP contribution in [0.15, 0.2) is 55.6 Å². The summed E-state index contributed by atoms with van der Waals surface area (Å²) in [6.07, 6.45) is -7.29. The summed E-state index contributed by atoms with van der Waals surface area (Å²) in [5.74, 6) is -3.02. The highest BCUT2D eigenvalue weighted by molar-refractivity contribution is 7.19. The lowest BCUT2D eigenvalue weighted by Gasteiger charge is -2.31. The van der Waals surface area contributed by atoms with Gasteiger partial charge in [0.25, 0.3) is 11.1 Å². The van der Waals surface area contributed by atoms with Crippen LogP contribution in [0, 0.1) is 36.5 Å². The molecule has 0 bridgehead atoms. The van der Waals surface area contributed by atoms with Crippen LogP contribution in [0.1, 0.15) is 102 Å². The van der Waals surface area contributed by atoms with Crippen LogP contribution in [0.3, 0.4) is 0 Å². The number of methoxy groups -OCH3 is 2. The van der Waals surface area contributed by atoms with E-state index in [2.05, 4.69) is 0 Å². The molecule has 0 amide bonds. The molecule has 6 aromatic rings. The number of nitriles is 2. The average molecular weight is 1120 g/mol. The molecule has 25 heteroatoms. The third-order valence-corrected chi connectivity index (χ3v) is 16.9. The van der Waals surface area contributed by atoms with E-state index in [4.69, 9.17) is 28.4 Å². The van der Waals surface area contributed by atoms with Crippen LogP contribution in [-0.4, -0.2) is 93.3 Å². The van der Waals surface area contributed by atoms with Crippen molar-refractivity contribution in [2.45, 2.75) is 121 Å². The van der Waals surface area contributed by atoms with Crippen LogP contribution in [0.2, 0.25) is 0 Å². The van der Waals surface area contributed by atoms with E-state index in [1.807, 2.05) is 12.1 Å². The second kappa shape index (κ2) is 22.3. The second-order valence-corrected chi connectivity index (χ2v) is 21.8. The van der Waals surface area contributed by atoms with Gasteiger partial charge in [-0.25, -0.2) is 28.3 Å². The number of benzene rings is 2. The van der Waals surface area contributed by atoms with Crippen molar-refractivity contribution in [2.75, 3.05) is 40.6 Å². The third-order valence-electron chi connectivity index (χ3n) is 14.5. The van der Waals surface area contributed by atoms with Crippen LogP contribution in [0.4, 0.5) is 13.2 Å². The quantitative estimate of drug-likeness (QED) is 0.0887. The minimum Gasteiger partial charge on any atom is -0.496 e. The SMILES string of the molecule is COc1cc(CC(C)(C(=O)O)n2c(=O)c3c(C)c(C#N)sc3n(CC(OC3CCOCC3)c3cc(C(F)(F)F)ccc3OC)c2=O)ccc1C(Cn1c(=O)n(C(C)(C)C(=O)O)c(=O)c2c(C)c(C#N)sc21)OC1CCOCC1. The molecule has 2 fully saturated rings. The topological polar surface area (TPSA) is 266 Å². The van der Waals surface area contributed by atoms with Gasteiger partial charge in [-0.3, -0.25) is 18.7 Å². The number of carboxylic acid groups (broad SMARTS) is 2. The highest BCUT2D eigenvalue weighted by Crippen LogP contribution is 2.40. The van der Waals surface area contributed by atoms with Crippen molar-refractivity contribution in [3.05, 3.63) is 121 Å². The summed E-state index contributed by atoms with van der Waals surface area (Å²) in [7, 11) is 2.58. The van der Waals surface area contributed by atoms with Gasteiger partial charge in [0.1, 0.15) is 60.8 Å². The summed E-state index contributed by atoms with van der Waals surface area (Å²) >= 11 is 1.66. The first-order valence-electron chi connectivity index (χ1n) is 24.7. The summed E-state index contributed by atoms with van der Waals surface area (Å²) in [5, 5.41) is 41.5. The number of halogens is 3. The van der Waals surface area contributed by atoms with Gasteiger partial charge < -0.3 is 38.6 Å². The van der Waals surface area contributed by atoms with Crippen molar-refractivity contribution in [1.29, 1.82) is 10.5 Å². The van der Waals surface area contributed by atoms with Crippen LogP contribution >= 0.6 is 22.7 Å². The molecule has 78 heavy (non-hydrogen) atoms. The van der Waals surface area contributed by atoms with E-state index >= 15 is 4.79 Å². The predicted molar refractivity (Wildman–Crippen MR) is 278 cm³/mol. The van der Waals surface area contributed by atoms with Crippen molar-refractivity contribution in [3.63, 3.8) is 0 Å². The first-order valence-corrected chi connectivity index (χ1v) is 26.3. The fraction of sp³-hybridized carbons (Fsp3) is 0.472. The molecule has 2 aliphatic rings. The van der Waals surface area contributed by atoms with Crippen molar-refractivity contribution in [2.24, 2.45) is 0 Å².